The molecule has 5 nitrogen and oxygen atoms in total. The Morgan fingerprint density at radius 3 is 1.67 bits per heavy atom. The molecule has 0 N–H and O–H groups in total. The van der Waals surface area contributed by atoms with Crippen LogP contribution in [0.4, 0.5) is 0 Å². The molecule has 4 atom stereocenters. The van der Waals surface area contributed by atoms with Gasteiger partial charge in [0.15, 0.2) is 17.5 Å². The molecular formula is C53H42N4O. The maximum Gasteiger partial charge on any atom is 0.165 e. The Balaban J connectivity index is 1.12. The highest BCUT2D eigenvalue weighted by molar-refractivity contribution is 6.20. The molecular weight excluding hydrogens is 709 g/mol. The molecule has 11 rings (SSSR count). The van der Waals surface area contributed by atoms with E-state index in [-0.39, 0.29) is 5.41 Å². The van der Waals surface area contributed by atoms with Crippen LogP contribution >= 0.6 is 0 Å². The standard InChI is InChI=1S/C53H42N4O/c1-32-25-35-26-33(2)29-53(28-32,30-35)39-22-19-37(20-23-39)50-55-51(38-21-24-41-40-9-7-8-14-46(40)58-47(41)27-38)57-52(56-50)49-44-12-5-3-10-42(44)48(43-11-4-6-13-45(43)49)36-17-15-34(31-54)16-18-36/h3-24,27,32-33,35H,25-26,28-30H2,1-2H3/t32-,33+,35-,53?. The summed E-state index contributed by atoms with van der Waals surface area (Å²) >= 11 is 0. The monoisotopic (exact) mass is 750 g/mol. The number of rotatable bonds is 5. The average Bonchev–Trinajstić information content (AvgIpc) is 3.63. The first kappa shape index (κ1) is 34.6. The van der Waals surface area contributed by atoms with Crippen LogP contribution in [0.1, 0.15) is 57.1 Å². The summed E-state index contributed by atoms with van der Waals surface area (Å²) in [4.78, 5) is 15.9. The predicted molar refractivity (Wildman–Crippen MR) is 235 cm³/mol. The largest absolute Gasteiger partial charge is 0.456 e. The van der Waals surface area contributed by atoms with Gasteiger partial charge in [0.25, 0.3) is 0 Å². The van der Waals surface area contributed by atoms with Crippen molar-refractivity contribution in [1.82, 2.24) is 15.0 Å². The molecule has 7 aromatic carbocycles. The average molecular weight is 751 g/mol. The zero-order chi connectivity index (χ0) is 39.0. The zero-order valence-electron chi connectivity index (χ0n) is 32.7. The molecule has 2 heterocycles. The van der Waals surface area contributed by atoms with Crippen LogP contribution in [0, 0.1) is 29.1 Å². The summed E-state index contributed by atoms with van der Waals surface area (Å²) < 4.78 is 6.36. The molecule has 58 heavy (non-hydrogen) atoms. The van der Waals surface area contributed by atoms with E-state index < -0.39 is 0 Å². The third-order valence-corrected chi connectivity index (χ3v) is 13.1. The Labute approximate surface area is 338 Å². The fraction of sp³-hybridized carbons (Fsp3) is 0.208. The van der Waals surface area contributed by atoms with E-state index in [1.54, 1.807) is 0 Å². The van der Waals surface area contributed by atoms with E-state index in [2.05, 4.69) is 117 Å². The molecule has 2 bridgehead atoms. The zero-order valence-corrected chi connectivity index (χ0v) is 32.7. The summed E-state index contributed by atoms with van der Waals surface area (Å²) in [5.41, 5.74) is 8.98. The lowest BCUT2D eigenvalue weighted by molar-refractivity contribution is 0.0780. The van der Waals surface area contributed by atoms with E-state index in [0.29, 0.717) is 23.0 Å². The first-order chi connectivity index (χ1) is 28.4. The summed E-state index contributed by atoms with van der Waals surface area (Å²) in [7, 11) is 0. The van der Waals surface area contributed by atoms with E-state index in [1.165, 1.54) is 37.7 Å². The lowest BCUT2D eigenvalue weighted by atomic mass is 9.54. The Bertz CT molecular complexity index is 3020. The van der Waals surface area contributed by atoms with E-state index in [9.17, 15) is 5.26 Å². The quantitative estimate of drug-likeness (QED) is 0.164. The van der Waals surface area contributed by atoms with Gasteiger partial charge in [-0.05, 0) is 124 Å². The van der Waals surface area contributed by atoms with Crippen molar-refractivity contribution in [2.45, 2.75) is 51.4 Å². The number of aromatic nitrogens is 3. The molecule has 1 unspecified atom stereocenters. The summed E-state index contributed by atoms with van der Waals surface area (Å²) in [6, 6.07) is 50.9. The second kappa shape index (κ2) is 13.5. The molecule has 2 saturated carbocycles. The molecule has 0 amide bonds. The number of furan rings is 1. The van der Waals surface area contributed by atoms with Gasteiger partial charge in [0, 0.05) is 27.5 Å². The van der Waals surface area contributed by atoms with Gasteiger partial charge in [0.2, 0.25) is 0 Å². The van der Waals surface area contributed by atoms with Gasteiger partial charge >= 0.3 is 0 Å². The van der Waals surface area contributed by atoms with Crippen molar-refractivity contribution in [3.8, 4) is 51.4 Å². The van der Waals surface area contributed by atoms with E-state index in [0.717, 1.165) is 89.1 Å². The summed E-state index contributed by atoms with van der Waals surface area (Å²) in [6.45, 7) is 4.90. The summed E-state index contributed by atoms with van der Waals surface area (Å²) in [5.74, 6) is 4.17. The van der Waals surface area contributed by atoms with Crippen LogP contribution in [-0.4, -0.2) is 15.0 Å². The molecule has 5 heteroatoms. The lowest BCUT2D eigenvalue weighted by Crippen LogP contribution is -2.42. The normalized spacial score (nSPS) is 20.5. The Morgan fingerprint density at radius 2 is 1.03 bits per heavy atom. The number of para-hydroxylation sites is 1. The van der Waals surface area contributed by atoms with Gasteiger partial charge < -0.3 is 4.42 Å². The second-order valence-corrected chi connectivity index (χ2v) is 17.2. The van der Waals surface area contributed by atoms with Gasteiger partial charge in [0.1, 0.15) is 11.2 Å². The summed E-state index contributed by atoms with van der Waals surface area (Å²) in [5, 5.41) is 16.0. The first-order valence-corrected chi connectivity index (χ1v) is 20.7. The van der Waals surface area contributed by atoms with Gasteiger partial charge in [-0.15, -0.1) is 0 Å². The molecule has 0 spiro atoms. The van der Waals surface area contributed by atoms with Crippen molar-refractivity contribution < 1.29 is 4.42 Å². The Morgan fingerprint density at radius 1 is 0.517 bits per heavy atom. The first-order valence-electron chi connectivity index (χ1n) is 20.7. The number of hydrogen-bond donors (Lipinski definition) is 0. The molecule has 0 aliphatic heterocycles. The molecule has 280 valence electrons. The number of nitriles is 1. The van der Waals surface area contributed by atoms with Crippen molar-refractivity contribution in [2.24, 2.45) is 17.8 Å². The molecule has 2 fully saturated rings. The lowest BCUT2D eigenvalue weighted by Gasteiger charge is -2.50. The van der Waals surface area contributed by atoms with E-state index in [4.69, 9.17) is 19.4 Å². The smallest absolute Gasteiger partial charge is 0.165 e. The maximum absolute atomic E-state index is 9.55. The number of hydrogen-bond acceptors (Lipinski definition) is 5. The van der Waals surface area contributed by atoms with Crippen molar-refractivity contribution in [3.63, 3.8) is 0 Å². The van der Waals surface area contributed by atoms with Gasteiger partial charge in [-0.2, -0.15) is 5.26 Å². The minimum atomic E-state index is 0.241. The Kier molecular flexibility index (Phi) is 8.05. The highest BCUT2D eigenvalue weighted by Gasteiger charge is 2.45. The highest BCUT2D eigenvalue weighted by atomic mass is 16.3. The van der Waals surface area contributed by atoms with Crippen molar-refractivity contribution >= 4 is 43.5 Å². The highest BCUT2D eigenvalue weighted by Crippen LogP contribution is 2.54. The van der Waals surface area contributed by atoms with Gasteiger partial charge in [-0.3, -0.25) is 0 Å². The van der Waals surface area contributed by atoms with Gasteiger partial charge in [-0.25, -0.2) is 15.0 Å². The molecule has 2 aliphatic rings. The molecule has 2 aromatic heterocycles. The molecule has 0 radical (unpaired) electrons. The van der Waals surface area contributed by atoms with Crippen LogP contribution in [0.3, 0.4) is 0 Å². The molecule has 9 aromatic rings. The molecule has 0 saturated heterocycles. The number of fused-ring (bicyclic) bond motifs is 7. The maximum atomic E-state index is 9.55. The number of benzene rings is 7. The minimum Gasteiger partial charge on any atom is -0.456 e. The fourth-order valence-electron chi connectivity index (χ4n) is 11.0. The van der Waals surface area contributed by atoms with Crippen LogP contribution in [0.15, 0.2) is 144 Å². The van der Waals surface area contributed by atoms with Crippen LogP contribution in [0.25, 0.3) is 88.8 Å². The third-order valence-electron chi connectivity index (χ3n) is 13.1. The van der Waals surface area contributed by atoms with Crippen LogP contribution in [0.2, 0.25) is 0 Å². The fourth-order valence-corrected chi connectivity index (χ4v) is 11.0. The minimum absolute atomic E-state index is 0.241. The number of nitrogens with zero attached hydrogens (tertiary/aromatic N) is 4. The van der Waals surface area contributed by atoms with Crippen molar-refractivity contribution in [1.29, 1.82) is 5.26 Å². The predicted octanol–water partition coefficient (Wildman–Crippen LogP) is 13.7. The van der Waals surface area contributed by atoms with E-state index in [1.807, 2.05) is 42.5 Å². The van der Waals surface area contributed by atoms with Crippen LogP contribution < -0.4 is 0 Å². The van der Waals surface area contributed by atoms with Crippen molar-refractivity contribution in [2.75, 3.05) is 0 Å². The third kappa shape index (κ3) is 5.70. The van der Waals surface area contributed by atoms with Gasteiger partial charge in [-0.1, -0.05) is 123 Å². The van der Waals surface area contributed by atoms with E-state index >= 15 is 0 Å². The second-order valence-electron chi connectivity index (χ2n) is 17.2. The van der Waals surface area contributed by atoms with Crippen LogP contribution in [0.5, 0.6) is 0 Å². The Hall–Kier alpha value is -6.64. The SMILES string of the molecule is C[C@@H]1C[C@@H]2C[C@H](C)CC(c3ccc(-c4nc(-c5ccc6c(c5)oc5ccccc56)nc(-c5c6ccccc6c(-c6ccc(C#N)cc6)c6ccccc56)n4)cc3)(C1)C2. The van der Waals surface area contributed by atoms with Crippen molar-refractivity contribution in [3.05, 3.63) is 151 Å². The summed E-state index contributed by atoms with van der Waals surface area (Å²) in [6.07, 6.45) is 6.53. The van der Waals surface area contributed by atoms with Gasteiger partial charge in [0.05, 0.1) is 11.6 Å². The topological polar surface area (TPSA) is 75.6 Å². The van der Waals surface area contributed by atoms with Crippen LogP contribution in [-0.2, 0) is 5.41 Å². The molecule has 2 aliphatic carbocycles.